The molecule has 0 saturated carbocycles. The molecule has 1 aliphatic heterocycles. The molecule has 12 heteroatoms. The third-order valence-electron chi connectivity index (χ3n) is 5.99. The number of hydrogen-bond acceptors (Lipinski definition) is 6. The van der Waals surface area contributed by atoms with Crippen LogP contribution in [0.5, 0.6) is 0 Å². The van der Waals surface area contributed by atoms with Gasteiger partial charge in [0.1, 0.15) is 17.8 Å². The molecular formula is C25H26ClFN6O4. The Hall–Kier alpha value is -3.80. The van der Waals surface area contributed by atoms with Gasteiger partial charge in [0.2, 0.25) is 0 Å². The van der Waals surface area contributed by atoms with Gasteiger partial charge in [-0.2, -0.15) is 0 Å². The van der Waals surface area contributed by atoms with Gasteiger partial charge in [-0.15, -0.1) is 0 Å². The second kappa shape index (κ2) is 11.5. The largest absolute Gasteiger partial charge is 0.392 e. The minimum atomic E-state index is -0.844. The van der Waals surface area contributed by atoms with Gasteiger partial charge in [0.05, 0.1) is 16.7 Å². The molecule has 37 heavy (non-hydrogen) atoms. The van der Waals surface area contributed by atoms with Gasteiger partial charge in [-0.25, -0.2) is 9.37 Å². The zero-order valence-corrected chi connectivity index (χ0v) is 20.5. The molecule has 1 aromatic heterocycles. The molecule has 1 saturated heterocycles. The number of aliphatic hydroxyl groups excluding tert-OH is 1. The average molecular weight is 529 g/mol. The number of piperidine rings is 1. The second-order valence-corrected chi connectivity index (χ2v) is 9.06. The van der Waals surface area contributed by atoms with Crippen molar-refractivity contribution in [3.63, 3.8) is 0 Å². The number of β-amino-alcohol motifs (C(OH)–C–C–N with tert-alkyl or cyclic N) is 1. The average Bonchev–Trinajstić information content (AvgIpc) is 3.30. The van der Waals surface area contributed by atoms with Gasteiger partial charge in [-0.3, -0.25) is 23.9 Å². The van der Waals surface area contributed by atoms with E-state index in [4.69, 9.17) is 17.3 Å². The Morgan fingerprint density at radius 2 is 1.92 bits per heavy atom. The Bertz CT molecular complexity index is 1310. The van der Waals surface area contributed by atoms with Crippen LogP contribution in [0, 0.1) is 5.82 Å². The monoisotopic (exact) mass is 528 g/mol. The van der Waals surface area contributed by atoms with Crippen LogP contribution in [0.2, 0.25) is 5.02 Å². The molecule has 0 unspecified atom stereocenters. The number of carbonyl (C=O) groups excluding carboxylic acids is 3. The van der Waals surface area contributed by atoms with Crippen LogP contribution in [0.4, 0.5) is 10.1 Å². The number of rotatable bonds is 8. The van der Waals surface area contributed by atoms with Crippen molar-refractivity contribution < 1.29 is 23.9 Å². The minimum Gasteiger partial charge on any atom is -0.392 e. The smallest absolute Gasteiger partial charge is 0.270 e. The highest BCUT2D eigenvalue weighted by molar-refractivity contribution is 6.34. The first kappa shape index (κ1) is 26.3. The summed E-state index contributed by atoms with van der Waals surface area (Å²) in [5.74, 6) is -2.43. The van der Waals surface area contributed by atoms with Crippen molar-refractivity contribution in [3.05, 3.63) is 76.6 Å². The highest BCUT2D eigenvalue weighted by Crippen LogP contribution is 2.21. The number of imidazole rings is 1. The first-order chi connectivity index (χ1) is 17.7. The molecule has 3 amide bonds. The number of likely N-dealkylation sites (tertiary alicyclic amines) is 1. The van der Waals surface area contributed by atoms with Crippen molar-refractivity contribution >= 4 is 35.0 Å². The number of hydrogen-bond donors (Lipinski definition) is 4. The number of nitrogens with two attached hydrogens (primary N) is 1. The molecular weight excluding hydrogens is 503 g/mol. The van der Waals surface area contributed by atoms with E-state index in [1.807, 2.05) is 0 Å². The fourth-order valence-electron chi connectivity index (χ4n) is 4.16. The molecule has 1 fully saturated rings. The third kappa shape index (κ3) is 6.31. The number of nitrogens with one attached hydrogen (secondary N) is 2. The van der Waals surface area contributed by atoms with Gasteiger partial charge in [-0.05, 0) is 61.9 Å². The van der Waals surface area contributed by atoms with Crippen molar-refractivity contribution in [3.8, 4) is 5.69 Å². The van der Waals surface area contributed by atoms with Crippen molar-refractivity contribution in [2.24, 2.45) is 5.73 Å². The molecule has 194 valence electrons. The van der Waals surface area contributed by atoms with Gasteiger partial charge in [0.25, 0.3) is 17.7 Å². The molecule has 0 aliphatic carbocycles. The lowest BCUT2D eigenvalue weighted by atomic mass is 10.1. The van der Waals surface area contributed by atoms with E-state index in [2.05, 4.69) is 20.5 Å². The van der Waals surface area contributed by atoms with Crippen molar-refractivity contribution in [2.75, 3.05) is 31.5 Å². The summed E-state index contributed by atoms with van der Waals surface area (Å²) in [5, 5.41) is 15.3. The van der Waals surface area contributed by atoms with E-state index < -0.39 is 23.5 Å². The Kier molecular flexibility index (Phi) is 8.17. The Morgan fingerprint density at radius 1 is 1.16 bits per heavy atom. The summed E-state index contributed by atoms with van der Waals surface area (Å²) < 4.78 is 14.7. The minimum absolute atomic E-state index is 0.0129. The van der Waals surface area contributed by atoms with E-state index >= 15 is 0 Å². The summed E-state index contributed by atoms with van der Waals surface area (Å²) in [4.78, 5) is 43.5. The van der Waals surface area contributed by atoms with E-state index in [1.54, 1.807) is 24.3 Å². The van der Waals surface area contributed by atoms with Gasteiger partial charge >= 0.3 is 0 Å². The predicted octanol–water partition coefficient (Wildman–Crippen LogP) is 2.20. The zero-order chi connectivity index (χ0) is 26.5. The quantitative estimate of drug-likeness (QED) is 0.353. The normalized spacial score (nSPS) is 15.8. The number of amides is 3. The topological polar surface area (TPSA) is 143 Å². The lowest BCUT2D eigenvalue weighted by molar-refractivity contribution is 0.0701. The predicted molar refractivity (Wildman–Crippen MR) is 135 cm³/mol. The van der Waals surface area contributed by atoms with Crippen LogP contribution in [0.15, 0.2) is 48.8 Å². The number of carbonyl (C=O) groups is 3. The summed E-state index contributed by atoms with van der Waals surface area (Å²) in [6, 6.07) is 9.92. The van der Waals surface area contributed by atoms with E-state index in [-0.39, 0.29) is 28.1 Å². The maximum atomic E-state index is 13.3. The Morgan fingerprint density at radius 3 is 2.59 bits per heavy atom. The number of halogens is 2. The Balaban J connectivity index is 1.47. The molecule has 0 radical (unpaired) electrons. The maximum absolute atomic E-state index is 13.3. The van der Waals surface area contributed by atoms with Gasteiger partial charge in [0.15, 0.2) is 5.69 Å². The van der Waals surface area contributed by atoms with Crippen molar-refractivity contribution in [2.45, 2.75) is 18.9 Å². The summed E-state index contributed by atoms with van der Waals surface area (Å²) in [6.45, 7) is 2.26. The summed E-state index contributed by atoms with van der Waals surface area (Å²) >= 11 is 5.96. The second-order valence-electron chi connectivity index (χ2n) is 8.65. The first-order valence-corrected chi connectivity index (χ1v) is 12.0. The first-order valence-electron chi connectivity index (χ1n) is 11.7. The van der Waals surface area contributed by atoms with Crippen LogP contribution >= 0.6 is 11.6 Å². The molecule has 1 atom stereocenters. The summed E-state index contributed by atoms with van der Waals surface area (Å²) in [6.07, 6.45) is 2.61. The van der Waals surface area contributed by atoms with Crippen LogP contribution in [0.25, 0.3) is 5.69 Å². The van der Waals surface area contributed by atoms with E-state index in [9.17, 15) is 23.9 Å². The number of aliphatic hydroxyl groups is 1. The lowest BCUT2D eigenvalue weighted by Crippen LogP contribution is -2.42. The molecule has 3 aromatic rings. The van der Waals surface area contributed by atoms with Gasteiger partial charge < -0.3 is 21.5 Å². The molecule has 5 N–H and O–H groups in total. The van der Waals surface area contributed by atoms with Crippen LogP contribution in [0.1, 0.15) is 44.2 Å². The van der Waals surface area contributed by atoms with Crippen LogP contribution in [-0.2, 0) is 0 Å². The molecule has 2 aromatic carbocycles. The van der Waals surface area contributed by atoms with Gasteiger partial charge in [0, 0.05) is 31.0 Å². The van der Waals surface area contributed by atoms with E-state index in [0.29, 0.717) is 31.0 Å². The van der Waals surface area contributed by atoms with Crippen molar-refractivity contribution in [1.29, 1.82) is 0 Å². The standard InChI is InChI=1S/C25H26ClFN6O4/c26-20-12-15(27)3-8-19(20)24(36)31-16-4-6-17(7-5-16)33-14-30-21(23(28)35)22(33)25(37)29-9-11-32-10-1-2-18(34)13-32/h3-8,12,14,18,34H,1-2,9-11,13H2,(H2,28,35)(H,29,37)(H,31,36)/t18-/m1/s1. The highest BCUT2D eigenvalue weighted by atomic mass is 35.5. The van der Waals surface area contributed by atoms with Crippen LogP contribution < -0.4 is 16.4 Å². The molecule has 4 rings (SSSR count). The van der Waals surface area contributed by atoms with Crippen LogP contribution in [0.3, 0.4) is 0 Å². The molecule has 2 heterocycles. The van der Waals surface area contributed by atoms with Gasteiger partial charge in [-0.1, -0.05) is 11.6 Å². The lowest BCUT2D eigenvalue weighted by Gasteiger charge is -2.29. The summed E-state index contributed by atoms with van der Waals surface area (Å²) in [5.41, 5.74) is 6.31. The fourth-order valence-corrected chi connectivity index (χ4v) is 4.42. The Labute approximate surface area is 217 Å². The highest BCUT2D eigenvalue weighted by Gasteiger charge is 2.24. The van der Waals surface area contributed by atoms with E-state index in [1.165, 1.54) is 17.0 Å². The number of benzene rings is 2. The number of anilines is 1. The fraction of sp³-hybridized carbons (Fsp3) is 0.280. The number of aromatic nitrogens is 2. The molecule has 1 aliphatic rings. The molecule has 10 nitrogen and oxygen atoms in total. The third-order valence-corrected chi connectivity index (χ3v) is 6.30. The van der Waals surface area contributed by atoms with E-state index in [0.717, 1.165) is 31.5 Å². The molecule has 0 spiro atoms. The number of primary amides is 1. The maximum Gasteiger partial charge on any atom is 0.270 e. The zero-order valence-electron chi connectivity index (χ0n) is 19.8. The van der Waals surface area contributed by atoms with Crippen molar-refractivity contribution in [1.82, 2.24) is 19.8 Å². The summed E-state index contributed by atoms with van der Waals surface area (Å²) in [7, 11) is 0. The van der Waals surface area contributed by atoms with Crippen LogP contribution in [-0.4, -0.2) is 69.6 Å². The number of nitrogens with zero attached hydrogens (tertiary/aromatic N) is 3. The molecule has 0 bridgehead atoms. The SMILES string of the molecule is NC(=O)c1ncn(-c2ccc(NC(=O)c3ccc(F)cc3Cl)cc2)c1C(=O)NCCN1CCC[C@@H](O)C1.